The lowest BCUT2D eigenvalue weighted by Gasteiger charge is -2.07. The van der Waals surface area contributed by atoms with Crippen LogP contribution in [0.3, 0.4) is 0 Å². The van der Waals surface area contributed by atoms with Gasteiger partial charge in [-0.25, -0.2) is 0 Å². The van der Waals surface area contributed by atoms with Gasteiger partial charge in [-0.1, -0.05) is 31.1 Å². The van der Waals surface area contributed by atoms with Crippen LogP contribution in [0.4, 0.5) is 0 Å². The second kappa shape index (κ2) is 6.15. The van der Waals surface area contributed by atoms with Crippen LogP contribution in [-0.4, -0.2) is 23.3 Å². The summed E-state index contributed by atoms with van der Waals surface area (Å²) in [6.45, 7) is 4.65. The van der Waals surface area contributed by atoms with Gasteiger partial charge in [-0.3, -0.25) is 0 Å². The van der Waals surface area contributed by atoms with Crippen LogP contribution in [0.5, 0.6) is 5.19 Å². The predicted octanol–water partition coefficient (Wildman–Crippen LogP) is 2.22. The van der Waals surface area contributed by atoms with Crippen molar-refractivity contribution in [2.75, 3.05) is 13.2 Å². The van der Waals surface area contributed by atoms with Crippen LogP contribution in [0.1, 0.15) is 37.6 Å². The number of hydrogen-bond acceptors (Lipinski definition) is 5. The fourth-order valence-corrected chi connectivity index (χ4v) is 2.63. The zero-order valence-corrected chi connectivity index (χ0v) is 10.6. The number of nitrogens with zero attached hydrogens (tertiary/aromatic N) is 2. The molecule has 1 fully saturated rings. The summed E-state index contributed by atoms with van der Waals surface area (Å²) in [5, 5.41) is 13.1. The van der Waals surface area contributed by atoms with Gasteiger partial charge in [-0.05, 0) is 25.3 Å². The molecule has 0 aliphatic heterocycles. The normalized spacial score (nSPS) is 16.8. The van der Waals surface area contributed by atoms with Crippen molar-refractivity contribution >= 4 is 11.3 Å². The van der Waals surface area contributed by atoms with Crippen molar-refractivity contribution in [2.45, 2.75) is 39.2 Å². The van der Waals surface area contributed by atoms with Crippen molar-refractivity contribution in [2.24, 2.45) is 5.92 Å². The molecule has 5 heteroatoms. The minimum absolute atomic E-state index is 0.722. The molecular weight excluding hydrogens is 222 g/mol. The molecule has 1 aromatic heterocycles. The Morgan fingerprint density at radius 3 is 2.94 bits per heavy atom. The Morgan fingerprint density at radius 2 is 2.19 bits per heavy atom. The maximum absolute atomic E-state index is 5.67. The molecule has 0 radical (unpaired) electrons. The Labute approximate surface area is 100 Å². The molecule has 0 atom stereocenters. The SMILES string of the molecule is CCNCc1nnc(OCC2CCCC2)s1. The van der Waals surface area contributed by atoms with Crippen LogP contribution in [0.15, 0.2) is 0 Å². The molecule has 2 rings (SSSR count). The number of rotatable bonds is 6. The van der Waals surface area contributed by atoms with Crippen LogP contribution in [0.25, 0.3) is 0 Å². The summed E-state index contributed by atoms with van der Waals surface area (Å²) < 4.78 is 5.67. The highest BCUT2D eigenvalue weighted by Crippen LogP contribution is 2.26. The maximum Gasteiger partial charge on any atom is 0.294 e. The van der Waals surface area contributed by atoms with Crippen LogP contribution in [0.2, 0.25) is 0 Å². The molecule has 1 aliphatic rings. The predicted molar refractivity (Wildman–Crippen MR) is 64.7 cm³/mol. The molecular formula is C11H19N3OS. The van der Waals surface area contributed by atoms with Gasteiger partial charge in [0, 0.05) is 6.54 Å². The first-order valence-electron chi connectivity index (χ1n) is 6.04. The molecule has 90 valence electrons. The third kappa shape index (κ3) is 3.42. The molecule has 0 bridgehead atoms. The molecule has 0 amide bonds. The first-order valence-corrected chi connectivity index (χ1v) is 6.86. The Morgan fingerprint density at radius 1 is 1.38 bits per heavy atom. The van der Waals surface area contributed by atoms with E-state index in [-0.39, 0.29) is 0 Å². The van der Waals surface area contributed by atoms with Crippen LogP contribution < -0.4 is 10.1 Å². The summed E-state index contributed by atoms with van der Waals surface area (Å²) in [7, 11) is 0. The van der Waals surface area contributed by atoms with E-state index in [0.717, 1.165) is 35.8 Å². The van der Waals surface area contributed by atoms with Crippen molar-refractivity contribution in [3.63, 3.8) is 0 Å². The number of nitrogens with one attached hydrogen (secondary N) is 1. The monoisotopic (exact) mass is 241 g/mol. The second-order valence-electron chi connectivity index (χ2n) is 4.20. The number of ether oxygens (including phenoxy) is 1. The topological polar surface area (TPSA) is 47.0 Å². The lowest BCUT2D eigenvalue weighted by atomic mass is 10.1. The minimum Gasteiger partial charge on any atom is -0.469 e. The Hall–Kier alpha value is -0.680. The lowest BCUT2D eigenvalue weighted by molar-refractivity contribution is 0.249. The molecule has 0 spiro atoms. The Balaban J connectivity index is 1.73. The average molecular weight is 241 g/mol. The summed E-state index contributed by atoms with van der Waals surface area (Å²) in [4.78, 5) is 0. The molecule has 1 aliphatic carbocycles. The average Bonchev–Trinajstić information content (AvgIpc) is 2.95. The van der Waals surface area contributed by atoms with E-state index >= 15 is 0 Å². The fraction of sp³-hybridized carbons (Fsp3) is 0.818. The molecule has 4 nitrogen and oxygen atoms in total. The quantitative estimate of drug-likeness (QED) is 0.829. The fourth-order valence-electron chi connectivity index (χ4n) is 1.97. The van der Waals surface area contributed by atoms with E-state index < -0.39 is 0 Å². The van der Waals surface area contributed by atoms with Gasteiger partial charge in [0.1, 0.15) is 5.01 Å². The van der Waals surface area contributed by atoms with Crippen molar-refractivity contribution in [1.29, 1.82) is 0 Å². The largest absolute Gasteiger partial charge is 0.469 e. The lowest BCUT2D eigenvalue weighted by Crippen LogP contribution is -2.11. The number of hydrogen-bond donors (Lipinski definition) is 1. The highest BCUT2D eigenvalue weighted by Gasteiger charge is 2.16. The van der Waals surface area contributed by atoms with Gasteiger partial charge in [-0.2, -0.15) is 0 Å². The van der Waals surface area contributed by atoms with Crippen molar-refractivity contribution < 1.29 is 4.74 Å². The van der Waals surface area contributed by atoms with Gasteiger partial charge >= 0.3 is 0 Å². The molecule has 0 unspecified atom stereocenters. The highest BCUT2D eigenvalue weighted by molar-refractivity contribution is 7.13. The van der Waals surface area contributed by atoms with Crippen molar-refractivity contribution in [3.05, 3.63) is 5.01 Å². The first kappa shape index (κ1) is 11.8. The van der Waals surface area contributed by atoms with Gasteiger partial charge < -0.3 is 10.1 Å². The van der Waals surface area contributed by atoms with Crippen molar-refractivity contribution in [3.8, 4) is 5.19 Å². The molecule has 1 N–H and O–H groups in total. The Bertz CT molecular complexity index is 310. The zero-order chi connectivity index (χ0) is 11.2. The number of aromatic nitrogens is 2. The summed E-state index contributed by atoms with van der Waals surface area (Å²) >= 11 is 1.55. The van der Waals surface area contributed by atoms with E-state index in [1.807, 2.05) is 0 Å². The van der Waals surface area contributed by atoms with Crippen LogP contribution >= 0.6 is 11.3 Å². The molecule has 1 aromatic rings. The summed E-state index contributed by atoms with van der Waals surface area (Å²) in [5.74, 6) is 0.737. The zero-order valence-electron chi connectivity index (χ0n) is 9.74. The van der Waals surface area contributed by atoms with E-state index in [9.17, 15) is 0 Å². The van der Waals surface area contributed by atoms with Gasteiger partial charge in [-0.15, -0.1) is 10.2 Å². The smallest absolute Gasteiger partial charge is 0.294 e. The van der Waals surface area contributed by atoms with Crippen LogP contribution in [-0.2, 0) is 6.54 Å². The third-order valence-electron chi connectivity index (χ3n) is 2.89. The first-order chi connectivity index (χ1) is 7.88. The summed E-state index contributed by atoms with van der Waals surface area (Å²) in [6, 6.07) is 0. The van der Waals surface area contributed by atoms with Crippen LogP contribution in [0, 0.1) is 5.92 Å². The molecule has 16 heavy (non-hydrogen) atoms. The highest BCUT2D eigenvalue weighted by atomic mass is 32.1. The van der Waals surface area contributed by atoms with E-state index in [1.54, 1.807) is 11.3 Å². The Kier molecular flexibility index (Phi) is 4.54. The molecule has 1 heterocycles. The van der Waals surface area contributed by atoms with Gasteiger partial charge in [0.2, 0.25) is 0 Å². The van der Waals surface area contributed by atoms with Gasteiger partial charge in [0.15, 0.2) is 0 Å². The van der Waals surface area contributed by atoms with E-state index in [1.165, 1.54) is 25.7 Å². The standard InChI is InChI=1S/C11H19N3OS/c1-2-12-7-10-13-14-11(16-10)15-8-9-5-3-4-6-9/h9,12H,2-8H2,1H3. The van der Waals surface area contributed by atoms with Gasteiger partial charge in [0.05, 0.1) is 6.61 Å². The third-order valence-corrected chi connectivity index (χ3v) is 3.73. The molecule has 0 saturated heterocycles. The van der Waals surface area contributed by atoms with E-state index in [2.05, 4.69) is 22.4 Å². The van der Waals surface area contributed by atoms with Crippen molar-refractivity contribution in [1.82, 2.24) is 15.5 Å². The summed E-state index contributed by atoms with van der Waals surface area (Å²) in [6.07, 6.45) is 5.33. The minimum atomic E-state index is 0.722. The second-order valence-corrected chi connectivity index (χ2v) is 5.23. The van der Waals surface area contributed by atoms with E-state index in [0.29, 0.717) is 0 Å². The summed E-state index contributed by atoms with van der Waals surface area (Å²) in [5.41, 5.74) is 0. The van der Waals surface area contributed by atoms with Gasteiger partial charge in [0.25, 0.3) is 5.19 Å². The molecule has 0 aromatic carbocycles. The maximum atomic E-state index is 5.67. The molecule has 1 saturated carbocycles. The van der Waals surface area contributed by atoms with E-state index in [4.69, 9.17) is 4.74 Å².